The molecule has 2 rings (SSSR count). The molecular weight excluding hydrogens is 245 g/mol. The summed E-state index contributed by atoms with van der Waals surface area (Å²) in [5, 5.41) is 0. The van der Waals surface area contributed by atoms with E-state index in [1.807, 2.05) is 0 Å². The van der Waals surface area contributed by atoms with Crippen LogP contribution in [0.2, 0.25) is 0 Å². The van der Waals surface area contributed by atoms with E-state index in [1.54, 1.807) is 0 Å². The molecule has 2 aromatic rings. The molecule has 0 aliphatic heterocycles. The first-order valence-corrected chi connectivity index (χ1v) is 6.18. The second-order valence-electron chi connectivity index (χ2n) is 3.39. The fourth-order valence-electron chi connectivity index (χ4n) is 1.30. The Morgan fingerprint density at radius 3 is 2.65 bits per heavy atom. The number of benzene rings is 1. The number of H-pyrrole nitrogens is 1. The van der Waals surface area contributed by atoms with Crippen molar-refractivity contribution < 1.29 is 12.8 Å². The molecule has 0 unspecified atom stereocenters. The van der Waals surface area contributed by atoms with E-state index < -0.39 is 15.8 Å². The Hall–Kier alpha value is -2.02. The zero-order valence-corrected chi connectivity index (χ0v) is 9.46. The highest BCUT2D eigenvalue weighted by atomic mass is 32.2. The summed E-state index contributed by atoms with van der Waals surface area (Å²) in [7, 11) is -3.66. The minimum Gasteiger partial charge on any atom is -0.396 e. The summed E-state index contributed by atoms with van der Waals surface area (Å²) in [6.45, 7) is 0. The molecule has 90 valence electrons. The van der Waals surface area contributed by atoms with Gasteiger partial charge in [0.15, 0.2) is 0 Å². The third kappa shape index (κ3) is 2.39. The number of rotatable bonds is 3. The van der Waals surface area contributed by atoms with Crippen molar-refractivity contribution in [1.82, 2.24) is 4.98 Å². The zero-order chi connectivity index (χ0) is 12.5. The minimum absolute atomic E-state index is 0.0976. The molecule has 17 heavy (non-hydrogen) atoms. The van der Waals surface area contributed by atoms with Gasteiger partial charge < -0.3 is 10.7 Å². The topological polar surface area (TPSA) is 88.0 Å². The van der Waals surface area contributed by atoms with Gasteiger partial charge in [-0.05, 0) is 24.3 Å². The maximum absolute atomic E-state index is 12.9. The smallest absolute Gasteiger partial charge is 0.263 e. The van der Waals surface area contributed by atoms with Crippen LogP contribution in [-0.4, -0.2) is 13.4 Å². The van der Waals surface area contributed by atoms with Gasteiger partial charge in [0.05, 0.1) is 11.4 Å². The van der Waals surface area contributed by atoms with Crippen LogP contribution in [0, 0.1) is 5.82 Å². The number of hydrogen-bond acceptors (Lipinski definition) is 3. The highest BCUT2D eigenvalue weighted by molar-refractivity contribution is 7.92. The molecule has 0 fully saturated rings. The monoisotopic (exact) mass is 255 g/mol. The van der Waals surface area contributed by atoms with Gasteiger partial charge in [-0.1, -0.05) is 0 Å². The molecule has 0 aliphatic rings. The third-order valence-corrected chi connectivity index (χ3v) is 3.51. The van der Waals surface area contributed by atoms with Crippen molar-refractivity contribution >= 4 is 21.4 Å². The Bertz CT molecular complexity index is 623. The lowest BCUT2D eigenvalue weighted by molar-refractivity contribution is 0.601. The molecule has 0 aliphatic carbocycles. The van der Waals surface area contributed by atoms with Crippen LogP contribution in [0.15, 0.2) is 41.6 Å². The fourth-order valence-corrected chi connectivity index (χ4v) is 2.32. The molecule has 4 N–H and O–H groups in total. The molecule has 1 aromatic carbocycles. The van der Waals surface area contributed by atoms with Crippen LogP contribution < -0.4 is 10.5 Å². The largest absolute Gasteiger partial charge is 0.396 e. The maximum Gasteiger partial charge on any atom is 0.263 e. The molecule has 0 bridgehead atoms. The van der Waals surface area contributed by atoms with Crippen molar-refractivity contribution in [3.8, 4) is 0 Å². The fraction of sp³-hybridized carbons (Fsp3) is 0. The lowest BCUT2D eigenvalue weighted by Crippen LogP contribution is -2.12. The lowest BCUT2D eigenvalue weighted by atomic mass is 10.3. The van der Waals surface area contributed by atoms with E-state index in [0.717, 1.165) is 6.07 Å². The molecule has 5 nitrogen and oxygen atoms in total. The maximum atomic E-state index is 12.9. The van der Waals surface area contributed by atoms with Crippen molar-refractivity contribution in [1.29, 1.82) is 0 Å². The Morgan fingerprint density at radius 2 is 2.06 bits per heavy atom. The number of nitrogen functional groups attached to an aromatic ring is 1. The van der Waals surface area contributed by atoms with Crippen LogP contribution in [-0.2, 0) is 10.0 Å². The van der Waals surface area contributed by atoms with Gasteiger partial charge >= 0.3 is 0 Å². The van der Waals surface area contributed by atoms with Crippen LogP contribution in [0.5, 0.6) is 0 Å². The normalized spacial score (nSPS) is 11.4. The molecule has 7 heteroatoms. The van der Waals surface area contributed by atoms with Crippen LogP contribution in [0.3, 0.4) is 0 Å². The predicted molar refractivity (Wildman–Crippen MR) is 62.4 cm³/mol. The summed E-state index contributed by atoms with van der Waals surface area (Å²) < 4.78 is 38.8. The quantitative estimate of drug-likeness (QED) is 0.727. The number of anilines is 2. The minimum atomic E-state index is -3.66. The predicted octanol–water partition coefficient (Wildman–Crippen LogP) is 1.54. The van der Waals surface area contributed by atoms with Crippen LogP contribution >= 0.6 is 0 Å². The molecule has 1 aromatic heterocycles. The number of sulfonamides is 1. The molecule has 0 radical (unpaired) electrons. The van der Waals surface area contributed by atoms with Crippen molar-refractivity contribution in [2.24, 2.45) is 0 Å². The number of halogens is 1. The van der Waals surface area contributed by atoms with Gasteiger partial charge in [0.1, 0.15) is 10.7 Å². The molecule has 0 spiro atoms. The Morgan fingerprint density at radius 1 is 1.29 bits per heavy atom. The van der Waals surface area contributed by atoms with E-state index in [-0.39, 0.29) is 16.3 Å². The highest BCUT2D eigenvalue weighted by Gasteiger charge is 2.14. The van der Waals surface area contributed by atoms with Crippen molar-refractivity contribution in [2.75, 3.05) is 10.5 Å². The summed E-state index contributed by atoms with van der Waals surface area (Å²) in [4.78, 5) is 2.74. The Labute approximate surface area is 97.5 Å². The van der Waals surface area contributed by atoms with Gasteiger partial charge in [-0.3, -0.25) is 4.72 Å². The summed E-state index contributed by atoms with van der Waals surface area (Å²) in [6, 6.07) is 5.04. The van der Waals surface area contributed by atoms with Crippen LogP contribution in [0.4, 0.5) is 15.8 Å². The summed E-state index contributed by atoms with van der Waals surface area (Å²) >= 11 is 0. The van der Waals surface area contributed by atoms with Crippen LogP contribution in [0.25, 0.3) is 0 Å². The molecule has 0 saturated heterocycles. The van der Waals surface area contributed by atoms with Gasteiger partial charge in [0.25, 0.3) is 10.0 Å². The second-order valence-corrected chi connectivity index (χ2v) is 5.07. The van der Waals surface area contributed by atoms with Crippen molar-refractivity contribution in [2.45, 2.75) is 4.90 Å². The highest BCUT2D eigenvalue weighted by Crippen LogP contribution is 2.19. The average molecular weight is 255 g/mol. The Balaban J connectivity index is 2.30. The molecular formula is C10H10FN3O2S. The third-order valence-electron chi connectivity index (χ3n) is 2.13. The zero-order valence-electron chi connectivity index (χ0n) is 8.64. The average Bonchev–Trinajstić information content (AvgIpc) is 2.77. The van der Waals surface area contributed by atoms with E-state index in [0.29, 0.717) is 0 Å². The van der Waals surface area contributed by atoms with Gasteiger partial charge in [0, 0.05) is 12.4 Å². The number of aromatic nitrogens is 1. The molecule has 0 atom stereocenters. The Kier molecular flexibility index (Phi) is 2.76. The van der Waals surface area contributed by atoms with Gasteiger partial charge in [-0.2, -0.15) is 0 Å². The first-order valence-electron chi connectivity index (χ1n) is 4.70. The van der Waals surface area contributed by atoms with Crippen molar-refractivity contribution in [3.05, 3.63) is 42.5 Å². The SMILES string of the molecule is Nc1cc(NS(=O)(=O)c2cc[nH]c2)ccc1F. The number of nitrogens with two attached hydrogens (primary N) is 1. The summed E-state index contributed by atoms with van der Waals surface area (Å²) in [5.74, 6) is -0.588. The van der Waals surface area contributed by atoms with Crippen molar-refractivity contribution in [3.63, 3.8) is 0 Å². The molecule has 0 amide bonds. The molecule has 1 heterocycles. The molecule has 0 saturated carbocycles. The first kappa shape index (κ1) is 11.5. The van der Waals surface area contributed by atoms with Gasteiger partial charge in [-0.25, -0.2) is 12.8 Å². The number of nitrogens with one attached hydrogen (secondary N) is 2. The number of hydrogen-bond donors (Lipinski definition) is 3. The second kappa shape index (κ2) is 4.10. The van der Waals surface area contributed by atoms with Gasteiger partial charge in [0.2, 0.25) is 0 Å². The standard InChI is InChI=1S/C10H10FN3O2S/c11-9-2-1-7(5-10(9)12)14-17(15,16)8-3-4-13-6-8/h1-6,13-14H,12H2. The van der Waals surface area contributed by atoms with E-state index in [1.165, 1.54) is 30.6 Å². The lowest BCUT2D eigenvalue weighted by Gasteiger charge is -2.07. The summed E-state index contributed by atoms with van der Waals surface area (Å²) in [6.07, 6.45) is 2.84. The number of aromatic amines is 1. The van der Waals surface area contributed by atoms with Crippen LogP contribution in [0.1, 0.15) is 0 Å². The summed E-state index contributed by atoms with van der Waals surface area (Å²) in [5.41, 5.74) is 5.44. The van der Waals surface area contributed by atoms with E-state index in [4.69, 9.17) is 5.73 Å². The van der Waals surface area contributed by atoms with E-state index >= 15 is 0 Å². The van der Waals surface area contributed by atoms with E-state index in [9.17, 15) is 12.8 Å². The van der Waals surface area contributed by atoms with Gasteiger partial charge in [-0.15, -0.1) is 0 Å². The van der Waals surface area contributed by atoms with E-state index in [2.05, 4.69) is 9.71 Å². The first-order chi connectivity index (χ1) is 7.99.